The first-order chi connectivity index (χ1) is 24.0. The predicted molar refractivity (Wildman–Crippen MR) is 274 cm³/mol. The normalized spacial score (nSPS) is 8.95. The fourth-order valence-electron chi connectivity index (χ4n) is 0.507. The highest BCUT2D eigenvalue weighted by molar-refractivity contribution is 4.75. The third kappa shape index (κ3) is 1270. The standard InChI is InChI=1S/6C5H12.2C4H4N2.6C2H6.CH4.2H2/c6*1-5(2,3)4;2*1-2-5-4-6-3-1;6*1-2;;;/h6*1-4H3;2*1-4H;6*1-2H3;1H4;2*1H/i;;;;;;;;;;;;;;;2*1+1. The van der Waals surface area contributed by atoms with Crippen LogP contribution in [0.25, 0.3) is 0 Å². The summed E-state index contributed by atoms with van der Waals surface area (Å²) >= 11 is 0. The van der Waals surface area contributed by atoms with Crippen molar-refractivity contribution in [3.8, 4) is 0 Å². The van der Waals surface area contributed by atoms with Crippen LogP contribution in [0.2, 0.25) is 0 Å². The van der Waals surface area contributed by atoms with Gasteiger partial charge in [-0.2, -0.15) is 0 Å². The maximum Gasteiger partial charge on any atom is 0.115 e. The van der Waals surface area contributed by atoms with Crippen LogP contribution in [0.1, 0.15) is 260 Å². The number of hydrogen-bond acceptors (Lipinski definition) is 4. The largest absolute Gasteiger partial charge is 0.245 e. The van der Waals surface area contributed by atoms with Gasteiger partial charge in [-0.05, 0) is 44.6 Å². The van der Waals surface area contributed by atoms with Crippen LogP contribution in [0.5, 0.6) is 0 Å². The molecule has 0 saturated carbocycles. The highest BCUT2D eigenvalue weighted by Gasteiger charge is 1.97. The van der Waals surface area contributed by atoms with Gasteiger partial charge in [-0.1, -0.05) is 257 Å². The molecule has 55 heavy (non-hydrogen) atoms. The van der Waals surface area contributed by atoms with Gasteiger partial charge >= 0.3 is 0 Å². The molecular weight excluding hydrogens is 669 g/mol. The Hall–Kier alpha value is -1.84. The maximum absolute atomic E-state index is 3.67. The highest BCUT2D eigenvalue weighted by atomic mass is 14.8. The topological polar surface area (TPSA) is 51.6 Å². The Balaban J connectivity index is -0.0000000260. The van der Waals surface area contributed by atoms with Crippen molar-refractivity contribution in [2.24, 2.45) is 32.5 Å². The smallest absolute Gasteiger partial charge is 0.115 e. The summed E-state index contributed by atoms with van der Waals surface area (Å²) in [4.78, 5) is 14.7. The first-order valence-electron chi connectivity index (χ1n) is 21.4. The molecule has 0 unspecified atom stereocenters. The van der Waals surface area contributed by atoms with Gasteiger partial charge in [0.2, 0.25) is 0 Å². The lowest BCUT2D eigenvalue weighted by molar-refractivity contribution is 0.469. The van der Waals surface area contributed by atoms with E-state index in [1.54, 1.807) is 36.9 Å². The monoisotopic (exact) mass is 795 g/mol. The minimum atomic E-state index is 0. The Morgan fingerprint density at radius 2 is 0.309 bits per heavy atom. The summed E-state index contributed by atoms with van der Waals surface area (Å²) in [6, 6.07) is 3.56. The lowest BCUT2D eigenvalue weighted by Crippen LogP contribution is -1.93. The van der Waals surface area contributed by atoms with E-state index in [1.165, 1.54) is 12.7 Å². The van der Waals surface area contributed by atoms with Gasteiger partial charge in [0.1, 0.15) is 12.7 Å². The fourth-order valence-corrected chi connectivity index (χ4v) is 0.507. The van der Waals surface area contributed by atoms with Crippen LogP contribution in [-0.2, 0) is 0 Å². The van der Waals surface area contributed by atoms with Crippen LogP contribution in [0.15, 0.2) is 49.6 Å². The minimum absolute atomic E-state index is 0. The summed E-state index contributed by atoms with van der Waals surface area (Å²) in [6.45, 7) is 76.5. The zero-order chi connectivity index (χ0) is 47.5. The summed E-state index contributed by atoms with van der Waals surface area (Å²) in [5, 5.41) is 0. The average molecular weight is 796 g/mol. The van der Waals surface area contributed by atoms with Gasteiger partial charge in [0, 0.05) is 27.6 Å². The zero-order valence-corrected chi connectivity index (χ0v) is 45.4. The van der Waals surface area contributed by atoms with Crippen molar-refractivity contribution < 1.29 is 2.85 Å². The fraction of sp³-hybridized carbons (Fsp3) is 0.843. The molecule has 2 aromatic rings. The SMILES string of the molecule is C.CC.CC.CC.CC.CC.CC.CC(C)(C)C.CC(C)(C)C.CC(C)(C)C.CC(C)(C)C.CC(C)(C)C.CC(C)(C)C.[2HH].[2HH].c1cncnc1.c1cncnc1. The summed E-state index contributed by atoms with van der Waals surface area (Å²) in [5.41, 5.74) is 3.00. The van der Waals surface area contributed by atoms with Gasteiger partial charge < -0.3 is 0 Å². The molecule has 2 heterocycles. The second-order valence-electron chi connectivity index (χ2n) is 19.8. The third-order valence-electron chi connectivity index (χ3n) is 0.955. The summed E-state index contributed by atoms with van der Waals surface area (Å²) in [5.74, 6) is 0. The Bertz CT molecular complexity index is 529. The van der Waals surface area contributed by atoms with Crippen LogP contribution in [0.4, 0.5) is 0 Å². The lowest BCUT2D eigenvalue weighted by Gasteiger charge is -2.05. The number of rotatable bonds is 0. The molecule has 348 valence electrons. The van der Waals surface area contributed by atoms with Crippen LogP contribution in [-0.4, -0.2) is 19.9 Å². The van der Waals surface area contributed by atoms with Crippen molar-refractivity contribution in [1.29, 1.82) is 0 Å². The molecule has 0 aliphatic rings. The first kappa shape index (κ1) is 89.7. The quantitative estimate of drug-likeness (QED) is 0.266. The molecule has 0 aromatic carbocycles. The Morgan fingerprint density at radius 3 is 0.327 bits per heavy atom. The molecule has 0 atom stereocenters. The van der Waals surface area contributed by atoms with E-state index in [4.69, 9.17) is 0 Å². The van der Waals surface area contributed by atoms with Gasteiger partial charge in [-0.3, -0.25) is 0 Å². The molecule has 0 radical (unpaired) electrons. The number of hydrogen-bond donors (Lipinski definition) is 0. The maximum atomic E-state index is 3.67. The number of nitrogens with zero attached hydrogens (tertiary/aromatic N) is 4. The van der Waals surface area contributed by atoms with Crippen LogP contribution < -0.4 is 0 Å². The Kier molecular flexibility index (Phi) is 104. The molecule has 0 saturated heterocycles. The van der Waals surface area contributed by atoms with E-state index in [9.17, 15) is 0 Å². The van der Waals surface area contributed by atoms with E-state index >= 15 is 0 Å². The molecule has 0 amide bonds. The van der Waals surface area contributed by atoms with E-state index in [2.05, 4.69) is 186 Å². The Labute approximate surface area is 360 Å². The first-order valence-corrected chi connectivity index (χ1v) is 21.4. The second-order valence-corrected chi connectivity index (χ2v) is 19.8. The van der Waals surface area contributed by atoms with Gasteiger partial charge in [-0.15, -0.1) is 0 Å². The van der Waals surface area contributed by atoms with Gasteiger partial charge in [0.25, 0.3) is 0 Å². The lowest BCUT2D eigenvalue weighted by atomic mass is 10.0. The van der Waals surface area contributed by atoms with Gasteiger partial charge in [-0.25, -0.2) is 19.9 Å². The summed E-state index contributed by atoms with van der Waals surface area (Å²) in [6.07, 6.45) is 9.75. The molecule has 0 N–H and O–H groups in total. The number of aromatic nitrogens is 4. The van der Waals surface area contributed by atoms with Crippen molar-refractivity contribution in [2.45, 2.75) is 257 Å². The van der Waals surface area contributed by atoms with E-state index in [1.807, 2.05) is 83.1 Å². The molecule has 4 nitrogen and oxygen atoms in total. The van der Waals surface area contributed by atoms with E-state index in [0.717, 1.165) is 0 Å². The van der Waals surface area contributed by atoms with Crippen molar-refractivity contribution in [2.75, 3.05) is 0 Å². The molecule has 0 bridgehead atoms. The van der Waals surface area contributed by atoms with Gasteiger partial charge in [0.15, 0.2) is 0 Å². The molecule has 0 aliphatic carbocycles. The predicted octanol–water partition coefficient (Wildman–Crippen LogP) is 20.6. The van der Waals surface area contributed by atoms with Crippen LogP contribution >= 0.6 is 0 Å². The average Bonchev–Trinajstić information content (AvgIpc) is 3.00. The summed E-state index contributed by atoms with van der Waals surface area (Å²) in [7, 11) is 0. The molecule has 2 aromatic heterocycles. The van der Waals surface area contributed by atoms with Gasteiger partial charge in [0.05, 0.1) is 0 Å². The van der Waals surface area contributed by atoms with Crippen molar-refractivity contribution in [3.05, 3.63) is 49.6 Å². The molecular formula is C51H124N4. The molecule has 2 rings (SSSR count). The second kappa shape index (κ2) is 64.1. The van der Waals surface area contributed by atoms with Crippen molar-refractivity contribution in [1.82, 2.24) is 19.9 Å². The molecule has 0 fully saturated rings. The van der Waals surface area contributed by atoms with Crippen molar-refractivity contribution >= 4 is 0 Å². The van der Waals surface area contributed by atoms with Crippen molar-refractivity contribution in [3.63, 3.8) is 0 Å². The van der Waals surface area contributed by atoms with E-state index in [-0.39, 0.29) is 10.3 Å². The minimum Gasteiger partial charge on any atom is -0.245 e. The molecule has 4 heteroatoms. The van der Waals surface area contributed by atoms with E-state index in [0.29, 0.717) is 32.5 Å². The van der Waals surface area contributed by atoms with Crippen LogP contribution in [0, 0.1) is 32.5 Å². The van der Waals surface area contributed by atoms with Crippen LogP contribution in [0.3, 0.4) is 0 Å². The summed E-state index contributed by atoms with van der Waals surface area (Å²) < 4.78 is 0. The van der Waals surface area contributed by atoms with E-state index < -0.39 is 0 Å². The molecule has 0 spiro atoms. The molecule has 0 aliphatic heterocycles. The zero-order valence-electron chi connectivity index (χ0n) is 45.4. The third-order valence-corrected chi connectivity index (χ3v) is 0.955. The highest BCUT2D eigenvalue weighted by Crippen LogP contribution is 2.10. The Morgan fingerprint density at radius 1 is 0.236 bits per heavy atom.